The molecule has 1 unspecified atom stereocenters. The van der Waals surface area contributed by atoms with Gasteiger partial charge in [-0.1, -0.05) is 35.3 Å². The molecule has 0 aliphatic carbocycles. The minimum absolute atomic E-state index is 0.000305. The highest BCUT2D eigenvalue weighted by Crippen LogP contribution is 2.39. The number of carbonyl (C=O) groups excluding carboxylic acids is 2. The summed E-state index contributed by atoms with van der Waals surface area (Å²) in [5.41, 5.74) is 3.62. The van der Waals surface area contributed by atoms with Crippen LogP contribution in [-0.2, 0) is 12.8 Å². The summed E-state index contributed by atoms with van der Waals surface area (Å²) in [5, 5.41) is 8.94. The van der Waals surface area contributed by atoms with E-state index in [0.717, 1.165) is 55.7 Å². The lowest BCUT2D eigenvalue weighted by molar-refractivity contribution is 0.0792. The number of likely N-dealkylation sites (tertiary alicyclic amines) is 1. The van der Waals surface area contributed by atoms with Crippen LogP contribution >= 0.6 is 23.2 Å². The van der Waals surface area contributed by atoms with Crippen LogP contribution in [0, 0.1) is 5.82 Å². The molecule has 2 aliphatic rings. The van der Waals surface area contributed by atoms with Gasteiger partial charge in [-0.25, -0.2) is 4.39 Å². The molecule has 3 aromatic rings. The maximum Gasteiger partial charge on any atom is 0.253 e. The number of hydrogen-bond acceptors (Lipinski definition) is 5. The Morgan fingerprint density at radius 2 is 1.81 bits per heavy atom. The molecule has 1 atom stereocenters. The number of aryl methyl sites for hydroxylation is 1. The number of rotatable bonds is 6. The fraction of sp³-hybridized carbons (Fsp3) is 0.357. The number of halogens is 3. The van der Waals surface area contributed by atoms with Crippen LogP contribution < -0.4 is 4.90 Å². The molecule has 1 amide bonds. The molecule has 37 heavy (non-hydrogen) atoms. The molecular formula is C28H27Cl2FN4O2. The fourth-order valence-electron chi connectivity index (χ4n) is 5.18. The zero-order valence-electron chi connectivity index (χ0n) is 20.5. The largest absolute Gasteiger partial charge is 0.363 e. The molecule has 0 bridgehead atoms. The summed E-state index contributed by atoms with van der Waals surface area (Å²) in [4.78, 5) is 29.9. The molecule has 0 spiro atoms. The number of ketones is 1. The van der Waals surface area contributed by atoms with Crippen LogP contribution in [0.4, 0.5) is 10.1 Å². The van der Waals surface area contributed by atoms with Gasteiger partial charge >= 0.3 is 0 Å². The van der Waals surface area contributed by atoms with E-state index in [-0.39, 0.29) is 34.9 Å². The van der Waals surface area contributed by atoms with E-state index >= 15 is 0 Å². The summed E-state index contributed by atoms with van der Waals surface area (Å²) in [7, 11) is 0. The number of aromatic nitrogens is 2. The van der Waals surface area contributed by atoms with Crippen molar-refractivity contribution in [2.24, 2.45) is 0 Å². The van der Waals surface area contributed by atoms with Crippen molar-refractivity contribution in [2.75, 3.05) is 24.5 Å². The van der Waals surface area contributed by atoms with Crippen LogP contribution in [0.5, 0.6) is 0 Å². The Morgan fingerprint density at radius 3 is 2.59 bits per heavy atom. The molecule has 5 rings (SSSR count). The predicted octanol–water partition coefficient (Wildman–Crippen LogP) is 6.10. The Balaban J connectivity index is 1.39. The quantitative estimate of drug-likeness (QED) is 0.279. The lowest BCUT2D eigenvalue weighted by atomic mass is 9.99. The predicted molar refractivity (Wildman–Crippen MR) is 142 cm³/mol. The Morgan fingerprint density at radius 1 is 1.03 bits per heavy atom. The number of fused-ring (bicyclic) bond motifs is 1. The highest BCUT2D eigenvalue weighted by Gasteiger charge is 2.29. The molecule has 2 aliphatic heterocycles. The van der Waals surface area contributed by atoms with Gasteiger partial charge in [0.05, 0.1) is 22.4 Å². The average Bonchev–Trinajstić information content (AvgIpc) is 3.45. The zero-order valence-corrected chi connectivity index (χ0v) is 22.0. The van der Waals surface area contributed by atoms with Crippen molar-refractivity contribution in [1.29, 1.82) is 0 Å². The van der Waals surface area contributed by atoms with Crippen molar-refractivity contribution < 1.29 is 14.0 Å². The first-order chi connectivity index (χ1) is 17.8. The summed E-state index contributed by atoms with van der Waals surface area (Å²) in [5.74, 6) is -0.722. The number of carbonyl (C=O) groups is 2. The molecule has 0 saturated carbocycles. The molecule has 0 radical (unpaired) electrons. The van der Waals surface area contributed by atoms with Gasteiger partial charge in [-0.05, 0) is 68.5 Å². The van der Waals surface area contributed by atoms with Crippen LogP contribution in [-0.4, -0.2) is 46.4 Å². The van der Waals surface area contributed by atoms with E-state index < -0.39 is 5.82 Å². The highest BCUT2D eigenvalue weighted by atomic mass is 35.5. The van der Waals surface area contributed by atoms with Crippen molar-refractivity contribution in [1.82, 2.24) is 15.1 Å². The van der Waals surface area contributed by atoms with E-state index in [1.165, 1.54) is 12.1 Å². The number of amides is 1. The van der Waals surface area contributed by atoms with Gasteiger partial charge in [0, 0.05) is 42.2 Å². The molecular weight excluding hydrogens is 514 g/mol. The summed E-state index contributed by atoms with van der Waals surface area (Å²) < 4.78 is 14.2. The fourth-order valence-corrected chi connectivity index (χ4v) is 5.87. The Bertz CT molecular complexity index is 1360. The molecule has 1 aromatic heterocycles. The third kappa shape index (κ3) is 5.20. The monoisotopic (exact) mass is 540 g/mol. The maximum atomic E-state index is 14.2. The second-order valence-electron chi connectivity index (χ2n) is 9.59. The highest BCUT2D eigenvalue weighted by molar-refractivity contribution is 6.36. The zero-order chi connectivity index (χ0) is 26.1. The molecule has 1 saturated heterocycles. The van der Waals surface area contributed by atoms with Gasteiger partial charge in [-0.3, -0.25) is 9.59 Å². The summed E-state index contributed by atoms with van der Waals surface area (Å²) >= 11 is 12.7. The van der Waals surface area contributed by atoms with Gasteiger partial charge in [-0.15, -0.1) is 5.10 Å². The smallest absolute Gasteiger partial charge is 0.253 e. The van der Waals surface area contributed by atoms with Crippen LogP contribution in [0.25, 0.3) is 0 Å². The van der Waals surface area contributed by atoms with E-state index in [1.54, 1.807) is 24.3 Å². The maximum absolute atomic E-state index is 14.2. The first-order valence-electron chi connectivity index (χ1n) is 12.5. The van der Waals surface area contributed by atoms with Crippen molar-refractivity contribution in [3.05, 3.63) is 86.4 Å². The summed E-state index contributed by atoms with van der Waals surface area (Å²) in [6.45, 7) is 4.13. The minimum Gasteiger partial charge on any atom is -0.363 e. The number of Topliss-reactive ketones (excluding diaryl/α,β-unsaturated/α-hetero) is 1. The number of hydrogen-bond donors (Lipinski definition) is 0. The molecule has 6 nitrogen and oxygen atoms in total. The third-order valence-corrected chi connectivity index (χ3v) is 7.87. The van der Waals surface area contributed by atoms with Gasteiger partial charge in [0.2, 0.25) is 0 Å². The SMILES string of the molecule is CC(c1c(Cl)ccc(F)c1Cl)N1CCCc2nnc(C(=O)Cc3cccc(C(=O)N4CCCC4)c3)cc21. The van der Waals surface area contributed by atoms with Crippen LogP contribution in [0.1, 0.15) is 69.9 Å². The number of nitrogens with zero attached hydrogens (tertiary/aromatic N) is 4. The first kappa shape index (κ1) is 25.6. The Labute approximate surface area is 225 Å². The number of benzene rings is 2. The van der Waals surface area contributed by atoms with Gasteiger partial charge in [0.15, 0.2) is 5.78 Å². The standard InChI is InChI=1S/C28H27Cl2FN4O2/c1-17(26-20(29)9-10-21(31)27(26)30)35-13-5-8-22-24(35)16-23(33-32-22)25(36)15-18-6-4-7-19(14-18)28(37)34-11-2-3-12-34/h4,6-7,9-10,14,16-17H,2-3,5,8,11-13,15H2,1H3. The second kappa shape index (κ2) is 10.8. The van der Waals surface area contributed by atoms with Crippen molar-refractivity contribution >= 4 is 40.6 Å². The van der Waals surface area contributed by atoms with Gasteiger partial charge in [0.25, 0.3) is 5.91 Å². The van der Waals surface area contributed by atoms with Gasteiger partial charge in [-0.2, -0.15) is 5.10 Å². The minimum atomic E-state index is -0.528. The molecule has 192 valence electrons. The lowest BCUT2D eigenvalue weighted by Gasteiger charge is -2.36. The van der Waals surface area contributed by atoms with Gasteiger partial charge < -0.3 is 9.80 Å². The number of anilines is 1. The molecule has 9 heteroatoms. The third-order valence-electron chi connectivity index (χ3n) is 7.15. The lowest BCUT2D eigenvalue weighted by Crippen LogP contribution is -2.33. The first-order valence-corrected chi connectivity index (χ1v) is 13.3. The van der Waals surface area contributed by atoms with E-state index in [1.807, 2.05) is 22.8 Å². The Kier molecular flexibility index (Phi) is 7.45. The molecule has 2 aromatic carbocycles. The Hall–Kier alpha value is -3.03. The van der Waals surface area contributed by atoms with Crippen LogP contribution in [0.3, 0.4) is 0 Å². The van der Waals surface area contributed by atoms with Crippen LogP contribution in [0.2, 0.25) is 10.0 Å². The molecule has 0 N–H and O–H groups in total. The topological polar surface area (TPSA) is 66.4 Å². The van der Waals surface area contributed by atoms with E-state index in [2.05, 4.69) is 10.2 Å². The van der Waals surface area contributed by atoms with Crippen molar-refractivity contribution in [3.63, 3.8) is 0 Å². The molecule has 3 heterocycles. The van der Waals surface area contributed by atoms with Gasteiger partial charge in [0.1, 0.15) is 11.5 Å². The van der Waals surface area contributed by atoms with E-state index in [0.29, 0.717) is 22.7 Å². The van der Waals surface area contributed by atoms with Crippen molar-refractivity contribution in [3.8, 4) is 0 Å². The summed E-state index contributed by atoms with van der Waals surface area (Å²) in [6.07, 6.45) is 3.71. The average molecular weight is 541 g/mol. The van der Waals surface area contributed by atoms with E-state index in [4.69, 9.17) is 23.2 Å². The normalized spacial score (nSPS) is 16.0. The van der Waals surface area contributed by atoms with E-state index in [9.17, 15) is 14.0 Å². The summed E-state index contributed by atoms with van der Waals surface area (Å²) in [6, 6.07) is 11.4. The van der Waals surface area contributed by atoms with Crippen LogP contribution in [0.15, 0.2) is 42.5 Å². The van der Waals surface area contributed by atoms with Crippen molar-refractivity contribution in [2.45, 2.75) is 45.1 Å². The second-order valence-corrected chi connectivity index (χ2v) is 10.4. The molecule has 1 fully saturated rings.